The summed E-state index contributed by atoms with van der Waals surface area (Å²) in [6, 6.07) is 11.8. The molecule has 0 fully saturated rings. The highest BCUT2D eigenvalue weighted by atomic mass is 19.4. The van der Waals surface area contributed by atoms with Gasteiger partial charge in [0.1, 0.15) is 6.07 Å². The Labute approximate surface area is 140 Å². The molecule has 0 saturated heterocycles. The predicted molar refractivity (Wildman–Crippen MR) is 81.5 cm³/mol. The molecule has 25 heavy (non-hydrogen) atoms. The first kappa shape index (κ1) is 18.0. The number of alkyl halides is 3. The topological polar surface area (TPSA) is 79.2 Å². The number of nitrogens with zero attached hydrogens (tertiary/aromatic N) is 1. The van der Waals surface area contributed by atoms with E-state index in [9.17, 15) is 22.8 Å². The lowest BCUT2D eigenvalue weighted by Gasteiger charge is -2.09. The molecule has 0 aliphatic heterocycles. The second kappa shape index (κ2) is 7.49. The first-order chi connectivity index (χ1) is 11.8. The van der Waals surface area contributed by atoms with Gasteiger partial charge in [-0.25, -0.2) is 4.79 Å². The molecule has 0 bridgehead atoms. The van der Waals surface area contributed by atoms with Crippen molar-refractivity contribution in [3.05, 3.63) is 65.2 Å². The van der Waals surface area contributed by atoms with Gasteiger partial charge >= 0.3 is 12.1 Å². The molecule has 0 atom stereocenters. The van der Waals surface area contributed by atoms with Gasteiger partial charge in [0.05, 0.1) is 22.4 Å². The number of ether oxygens (including phenoxy) is 1. The number of benzene rings is 2. The summed E-state index contributed by atoms with van der Waals surface area (Å²) in [4.78, 5) is 23.5. The zero-order valence-corrected chi connectivity index (χ0v) is 12.6. The lowest BCUT2D eigenvalue weighted by atomic mass is 10.1. The van der Waals surface area contributed by atoms with E-state index in [0.29, 0.717) is 6.07 Å². The number of carbonyl (C=O) groups is 2. The summed E-state index contributed by atoms with van der Waals surface area (Å²) < 4.78 is 42.6. The van der Waals surface area contributed by atoms with Crippen molar-refractivity contribution in [1.82, 2.24) is 0 Å². The van der Waals surface area contributed by atoms with Gasteiger partial charge in [0.25, 0.3) is 5.91 Å². The van der Waals surface area contributed by atoms with Gasteiger partial charge in [-0.2, -0.15) is 18.4 Å². The lowest BCUT2D eigenvalue weighted by molar-refractivity contribution is -0.137. The van der Waals surface area contributed by atoms with E-state index in [0.717, 1.165) is 18.2 Å². The summed E-state index contributed by atoms with van der Waals surface area (Å²) in [5, 5.41) is 11.3. The Morgan fingerprint density at radius 1 is 1.12 bits per heavy atom. The van der Waals surface area contributed by atoms with Crippen LogP contribution in [0.25, 0.3) is 0 Å². The van der Waals surface area contributed by atoms with Crippen LogP contribution >= 0.6 is 0 Å². The van der Waals surface area contributed by atoms with Crippen LogP contribution in [0.3, 0.4) is 0 Å². The average Bonchev–Trinajstić information content (AvgIpc) is 2.59. The number of para-hydroxylation sites is 1. The molecule has 0 aromatic heterocycles. The van der Waals surface area contributed by atoms with Crippen LogP contribution in [0.2, 0.25) is 0 Å². The highest BCUT2D eigenvalue weighted by molar-refractivity contribution is 5.96. The maximum absolute atomic E-state index is 12.6. The maximum atomic E-state index is 12.6. The van der Waals surface area contributed by atoms with Crippen molar-refractivity contribution < 1.29 is 27.5 Å². The van der Waals surface area contributed by atoms with E-state index in [4.69, 9.17) is 10.00 Å². The smallest absolute Gasteiger partial charge is 0.416 e. The Kier molecular flexibility index (Phi) is 5.39. The van der Waals surface area contributed by atoms with E-state index in [2.05, 4.69) is 5.32 Å². The Hall–Kier alpha value is -3.34. The zero-order chi connectivity index (χ0) is 18.4. The number of hydrogen-bond donors (Lipinski definition) is 1. The lowest BCUT2D eigenvalue weighted by Crippen LogP contribution is -2.21. The van der Waals surface area contributed by atoms with Crippen LogP contribution < -0.4 is 5.32 Å². The zero-order valence-electron chi connectivity index (χ0n) is 12.6. The maximum Gasteiger partial charge on any atom is 0.416 e. The average molecular weight is 348 g/mol. The van der Waals surface area contributed by atoms with Crippen molar-refractivity contribution >= 4 is 17.6 Å². The second-order valence-electron chi connectivity index (χ2n) is 4.86. The van der Waals surface area contributed by atoms with E-state index >= 15 is 0 Å². The number of halogens is 3. The Morgan fingerprint density at radius 3 is 2.52 bits per heavy atom. The van der Waals surface area contributed by atoms with Crippen LogP contribution in [0.1, 0.15) is 21.5 Å². The minimum absolute atomic E-state index is 0.222. The van der Waals surface area contributed by atoms with Gasteiger partial charge in [-0.15, -0.1) is 0 Å². The standard InChI is InChI=1S/C17H11F3N2O3/c18-17(19,20)13-6-3-5-11(8-13)16(24)25-10-15(23)22-14-7-2-1-4-12(14)9-21/h1-8H,10H2,(H,22,23). The number of nitrogens with one attached hydrogen (secondary N) is 1. The highest BCUT2D eigenvalue weighted by Crippen LogP contribution is 2.29. The van der Waals surface area contributed by atoms with Gasteiger partial charge < -0.3 is 10.1 Å². The highest BCUT2D eigenvalue weighted by Gasteiger charge is 2.31. The first-order valence-electron chi connectivity index (χ1n) is 6.94. The number of nitriles is 1. The molecule has 1 N–H and O–H groups in total. The van der Waals surface area contributed by atoms with Crippen LogP contribution in [0, 0.1) is 11.3 Å². The molecule has 5 nitrogen and oxygen atoms in total. The van der Waals surface area contributed by atoms with Crippen LogP contribution in [-0.2, 0) is 15.7 Å². The van der Waals surface area contributed by atoms with Gasteiger partial charge in [-0.05, 0) is 30.3 Å². The van der Waals surface area contributed by atoms with Gasteiger partial charge in [-0.1, -0.05) is 18.2 Å². The molecular formula is C17H11F3N2O3. The monoisotopic (exact) mass is 348 g/mol. The minimum atomic E-state index is -4.59. The number of hydrogen-bond acceptors (Lipinski definition) is 4. The number of esters is 1. The summed E-state index contributed by atoms with van der Waals surface area (Å²) in [7, 11) is 0. The molecule has 0 aliphatic rings. The molecule has 1 amide bonds. The van der Waals surface area contributed by atoms with E-state index in [1.165, 1.54) is 12.1 Å². The van der Waals surface area contributed by atoms with E-state index in [1.54, 1.807) is 12.1 Å². The van der Waals surface area contributed by atoms with Crippen molar-refractivity contribution in [2.45, 2.75) is 6.18 Å². The molecule has 0 aliphatic carbocycles. The predicted octanol–water partition coefficient (Wildman–Crippen LogP) is 3.37. The molecule has 0 unspecified atom stereocenters. The number of carbonyl (C=O) groups excluding carboxylic acids is 2. The van der Waals surface area contributed by atoms with Crippen LogP contribution in [0.4, 0.5) is 18.9 Å². The summed E-state index contributed by atoms with van der Waals surface area (Å²) in [6.07, 6.45) is -4.59. The molecule has 0 heterocycles. The fourth-order valence-corrected chi connectivity index (χ4v) is 1.91. The molecular weight excluding hydrogens is 337 g/mol. The van der Waals surface area contributed by atoms with Crippen molar-refractivity contribution in [1.29, 1.82) is 5.26 Å². The number of anilines is 1. The summed E-state index contributed by atoms with van der Waals surface area (Å²) in [6.45, 7) is -0.700. The van der Waals surface area contributed by atoms with Crippen LogP contribution in [0.5, 0.6) is 0 Å². The third-order valence-corrected chi connectivity index (χ3v) is 3.08. The Morgan fingerprint density at radius 2 is 1.84 bits per heavy atom. The molecule has 128 valence electrons. The quantitative estimate of drug-likeness (QED) is 0.859. The second-order valence-corrected chi connectivity index (χ2v) is 4.86. The Balaban J connectivity index is 1.98. The van der Waals surface area contributed by atoms with Crippen molar-refractivity contribution in [3.63, 3.8) is 0 Å². The minimum Gasteiger partial charge on any atom is -0.452 e. The first-order valence-corrected chi connectivity index (χ1v) is 6.94. The molecule has 2 aromatic carbocycles. The molecule has 2 aromatic rings. The van der Waals surface area contributed by atoms with Gasteiger partial charge in [-0.3, -0.25) is 4.79 Å². The fourth-order valence-electron chi connectivity index (χ4n) is 1.91. The fraction of sp³-hybridized carbons (Fsp3) is 0.118. The number of rotatable bonds is 4. The van der Waals surface area contributed by atoms with Crippen molar-refractivity contribution in [3.8, 4) is 6.07 Å². The van der Waals surface area contributed by atoms with Crippen LogP contribution in [-0.4, -0.2) is 18.5 Å². The third kappa shape index (κ3) is 4.81. The molecule has 0 radical (unpaired) electrons. The van der Waals surface area contributed by atoms with Crippen molar-refractivity contribution in [2.24, 2.45) is 0 Å². The molecule has 0 saturated carbocycles. The van der Waals surface area contributed by atoms with Crippen LogP contribution in [0.15, 0.2) is 48.5 Å². The summed E-state index contributed by atoms with van der Waals surface area (Å²) >= 11 is 0. The summed E-state index contributed by atoms with van der Waals surface area (Å²) in [5.74, 6) is -1.78. The van der Waals surface area contributed by atoms with Crippen molar-refractivity contribution in [2.75, 3.05) is 11.9 Å². The van der Waals surface area contributed by atoms with Gasteiger partial charge in [0, 0.05) is 0 Å². The van der Waals surface area contributed by atoms with E-state index < -0.39 is 30.2 Å². The largest absolute Gasteiger partial charge is 0.452 e. The normalized spacial score (nSPS) is 10.6. The number of amides is 1. The molecule has 0 spiro atoms. The van der Waals surface area contributed by atoms with E-state index in [-0.39, 0.29) is 16.8 Å². The van der Waals surface area contributed by atoms with Gasteiger partial charge in [0.2, 0.25) is 0 Å². The van der Waals surface area contributed by atoms with E-state index in [1.807, 2.05) is 6.07 Å². The Bertz CT molecular complexity index is 842. The molecule has 2 rings (SSSR count). The molecule has 8 heteroatoms. The van der Waals surface area contributed by atoms with Gasteiger partial charge in [0.15, 0.2) is 6.61 Å². The third-order valence-electron chi connectivity index (χ3n) is 3.08. The summed E-state index contributed by atoms with van der Waals surface area (Å²) in [5.41, 5.74) is -0.848. The SMILES string of the molecule is N#Cc1ccccc1NC(=O)COC(=O)c1cccc(C(F)(F)F)c1.